The van der Waals surface area contributed by atoms with E-state index in [9.17, 15) is 7.85 Å². The summed E-state index contributed by atoms with van der Waals surface area (Å²) in [5, 5.41) is 12.1. The summed E-state index contributed by atoms with van der Waals surface area (Å²) in [6.45, 7) is 28.5. The first-order valence-electron chi connectivity index (χ1n) is 20.4. The fourth-order valence-electron chi connectivity index (χ4n) is 7.60. The highest BCUT2D eigenvalue weighted by molar-refractivity contribution is 6.12. The second-order valence-electron chi connectivity index (χ2n) is 19.6. The molecule has 2 heterocycles. The van der Waals surface area contributed by atoms with Crippen molar-refractivity contribution in [2.45, 2.75) is 137 Å². The van der Waals surface area contributed by atoms with E-state index >= 15 is 0 Å². The van der Waals surface area contributed by atoms with Crippen LogP contribution in [0.3, 0.4) is 0 Å². The maximum atomic E-state index is 11.2. The Kier molecular flexibility index (Phi) is 8.44. The van der Waals surface area contributed by atoms with E-state index in [1.165, 1.54) is 11.1 Å². The summed E-state index contributed by atoms with van der Waals surface area (Å²) in [7, 11) is 0. The number of benzene rings is 4. The third-order valence-corrected chi connectivity index (χ3v) is 11.1. The summed E-state index contributed by atoms with van der Waals surface area (Å²) in [5.41, 5.74) is 9.05. The SMILES string of the molecule is [2H]C1([2H])C[C@H]2[C@@H](N=C(c3cc(Oc4cc(C)c5cc(C(C)(C)C)cc(O)c5n4)cc(C(C)(C)C)c3)N2c2cc(C(C)(C)C)cc(C(C)(C)C)c2)c2ccccc21. The number of amidine groups is 1. The average molecular weight is 724 g/mol. The molecular weight excluding hydrogens is 663 g/mol. The number of anilines is 1. The van der Waals surface area contributed by atoms with Crippen LogP contribution in [-0.4, -0.2) is 22.0 Å². The molecule has 1 aliphatic carbocycles. The normalized spacial score (nSPS) is 19.2. The molecule has 1 aromatic heterocycles. The first-order chi connectivity index (χ1) is 25.8. The van der Waals surface area contributed by atoms with Crippen molar-refractivity contribution in [3.05, 3.63) is 123 Å². The summed E-state index contributed by atoms with van der Waals surface area (Å²) in [6.07, 6.45) is -1.23. The number of aryl methyl sites for hydroxylation is 2. The number of aromatic nitrogens is 1. The number of nitrogens with zero attached hydrogens (tertiary/aromatic N) is 3. The molecule has 0 saturated carbocycles. The van der Waals surface area contributed by atoms with Crippen LogP contribution in [0.5, 0.6) is 17.4 Å². The van der Waals surface area contributed by atoms with Crippen LogP contribution in [0.15, 0.2) is 83.9 Å². The highest BCUT2D eigenvalue weighted by atomic mass is 16.5. The van der Waals surface area contributed by atoms with Crippen LogP contribution >= 0.6 is 0 Å². The average Bonchev–Trinajstić information content (AvgIpc) is 3.45. The zero-order valence-electron chi connectivity index (χ0n) is 36.6. The highest BCUT2D eigenvalue weighted by Crippen LogP contribution is 2.46. The molecule has 5 aromatic rings. The molecule has 1 aliphatic heterocycles. The van der Waals surface area contributed by atoms with Gasteiger partial charge in [0.05, 0.1) is 12.1 Å². The van der Waals surface area contributed by atoms with E-state index in [0.29, 0.717) is 29.1 Å². The Labute approximate surface area is 326 Å². The molecule has 0 fully saturated rings. The minimum atomic E-state index is -1.53. The Morgan fingerprint density at radius 2 is 1.31 bits per heavy atom. The van der Waals surface area contributed by atoms with Gasteiger partial charge in [-0.05, 0) is 123 Å². The number of phenols is 1. The lowest BCUT2D eigenvalue weighted by molar-refractivity contribution is 0.456. The summed E-state index contributed by atoms with van der Waals surface area (Å²) >= 11 is 0. The first kappa shape index (κ1) is 35.1. The van der Waals surface area contributed by atoms with E-state index < -0.39 is 6.37 Å². The number of pyridine rings is 1. The van der Waals surface area contributed by atoms with E-state index in [4.69, 9.17) is 14.7 Å². The molecule has 5 nitrogen and oxygen atoms in total. The van der Waals surface area contributed by atoms with Gasteiger partial charge in [-0.3, -0.25) is 4.99 Å². The van der Waals surface area contributed by atoms with Crippen molar-refractivity contribution in [3.63, 3.8) is 0 Å². The van der Waals surface area contributed by atoms with Crippen molar-refractivity contribution in [1.82, 2.24) is 4.98 Å². The number of hydrogen-bond acceptors (Lipinski definition) is 5. The monoisotopic (exact) mass is 723 g/mol. The molecule has 1 N–H and O–H groups in total. The lowest BCUT2D eigenvalue weighted by Crippen LogP contribution is -2.40. The lowest BCUT2D eigenvalue weighted by Gasteiger charge is -2.36. The molecule has 0 amide bonds. The molecule has 0 saturated heterocycles. The molecule has 2 aliphatic rings. The standard InChI is InChI=1S/C49H59N3O2/c1-29-20-42(50-44-39(29)27-35(28-41(44)53)49(11,12)13)54-37-22-31(21-32(26-37)46(2,3)4)45-51-43-38-17-15-14-16-30(38)18-19-40(43)52(45)36-24-33(47(5,6)7)23-34(25-36)48(8,9)10/h14-17,20-28,40,43,53H,18-19H2,1-13H3/t40-,43-/m0/s1/i18D2. The third kappa shape index (κ3) is 7.14. The molecule has 2 atom stereocenters. The van der Waals surface area contributed by atoms with Gasteiger partial charge in [0.15, 0.2) is 0 Å². The fourth-order valence-corrected chi connectivity index (χ4v) is 7.60. The molecule has 282 valence electrons. The Hall–Kier alpha value is -4.64. The van der Waals surface area contributed by atoms with Gasteiger partial charge in [-0.25, -0.2) is 4.98 Å². The van der Waals surface area contributed by atoms with Crippen LogP contribution in [-0.2, 0) is 28.0 Å². The van der Waals surface area contributed by atoms with Crippen LogP contribution in [0.2, 0.25) is 0 Å². The molecular formula is C49H59N3O2. The molecule has 0 bridgehead atoms. The molecule has 0 radical (unpaired) electrons. The van der Waals surface area contributed by atoms with Crippen molar-refractivity contribution in [2.75, 3.05) is 4.90 Å². The topological polar surface area (TPSA) is 58.0 Å². The van der Waals surface area contributed by atoms with Crippen molar-refractivity contribution in [2.24, 2.45) is 4.99 Å². The summed E-state index contributed by atoms with van der Waals surface area (Å²) in [6, 6.07) is 26.5. The highest BCUT2D eigenvalue weighted by Gasteiger charge is 2.42. The smallest absolute Gasteiger partial charge is 0.220 e. The summed E-state index contributed by atoms with van der Waals surface area (Å²) in [4.78, 5) is 12.7. The van der Waals surface area contributed by atoms with E-state index in [1.54, 1.807) is 0 Å². The summed E-state index contributed by atoms with van der Waals surface area (Å²) < 4.78 is 25.3. The number of aromatic hydroxyl groups is 1. The molecule has 0 unspecified atom stereocenters. The van der Waals surface area contributed by atoms with Crippen molar-refractivity contribution in [3.8, 4) is 17.4 Å². The van der Waals surface area contributed by atoms with Gasteiger partial charge in [0.1, 0.15) is 22.9 Å². The molecule has 0 spiro atoms. The maximum Gasteiger partial charge on any atom is 0.220 e. The largest absolute Gasteiger partial charge is 0.506 e. The molecule has 4 aromatic carbocycles. The van der Waals surface area contributed by atoms with E-state index in [0.717, 1.165) is 44.7 Å². The minimum absolute atomic E-state index is 0.110. The zero-order chi connectivity index (χ0) is 40.9. The van der Waals surface area contributed by atoms with Gasteiger partial charge in [-0.1, -0.05) is 113 Å². The molecule has 7 rings (SSSR count). The number of fused-ring (bicyclic) bond motifs is 4. The van der Waals surface area contributed by atoms with Gasteiger partial charge in [0.2, 0.25) is 5.88 Å². The van der Waals surface area contributed by atoms with E-state index in [1.807, 2.05) is 43.3 Å². The van der Waals surface area contributed by atoms with Gasteiger partial charge in [0.25, 0.3) is 0 Å². The quantitative estimate of drug-likeness (QED) is 0.201. The van der Waals surface area contributed by atoms with Crippen molar-refractivity contribution >= 4 is 22.4 Å². The van der Waals surface area contributed by atoms with E-state index in [2.05, 4.69) is 130 Å². The van der Waals surface area contributed by atoms with Gasteiger partial charge >= 0.3 is 0 Å². The Morgan fingerprint density at radius 3 is 1.94 bits per heavy atom. The number of phenolic OH excluding ortho intramolecular Hbond substituents is 1. The fraction of sp³-hybridized carbons (Fsp3) is 0.429. The lowest BCUT2D eigenvalue weighted by atomic mass is 9.79. The predicted molar refractivity (Wildman–Crippen MR) is 226 cm³/mol. The first-order valence-corrected chi connectivity index (χ1v) is 19.4. The van der Waals surface area contributed by atoms with Gasteiger partial charge < -0.3 is 14.7 Å². The van der Waals surface area contributed by atoms with Crippen LogP contribution in [0, 0.1) is 6.92 Å². The third-order valence-electron chi connectivity index (χ3n) is 11.1. The Bertz CT molecular complexity index is 2350. The second-order valence-corrected chi connectivity index (χ2v) is 19.6. The maximum absolute atomic E-state index is 11.2. The van der Waals surface area contributed by atoms with Crippen LogP contribution in [0.25, 0.3) is 10.9 Å². The van der Waals surface area contributed by atoms with Crippen molar-refractivity contribution in [1.29, 1.82) is 0 Å². The number of hydrogen-bond donors (Lipinski definition) is 1. The number of ether oxygens (including phenoxy) is 1. The minimum Gasteiger partial charge on any atom is -0.506 e. The second kappa shape index (κ2) is 13.0. The zero-order valence-corrected chi connectivity index (χ0v) is 34.6. The van der Waals surface area contributed by atoms with Crippen LogP contribution in [0.4, 0.5) is 5.69 Å². The Balaban J connectivity index is 1.42. The molecule has 54 heavy (non-hydrogen) atoms. The van der Waals surface area contributed by atoms with Crippen molar-refractivity contribution < 1.29 is 12.6 Å². The predicted octanol–water partition coefficient (Wildman–Crippen LogP) is 12.6. The van der Waals surface area contributed by atoms with E-state index in [-0.39, 0.29) is 39.5 Å². The van der Waals surface area contributed by atoms with Crippen LogP contribution in [0.1, 0.15) is 143 Å². The van der Waals surface area contributed by atoms with Gasteiger partial charge in [-0.15, -0.1) is 0 Å². The number of aliphatic imine (C=N–C) groups is 1. The van der Waals surface area contributed by atoms with Crippen LogP contribution < -0.4 is 9.64 Å². The Morgan fingerprint density at radius 1 is 0.722 bits per heavy atom. The number of rotatable bonds is 4. The van der Waals surface area contributed by atoms with Gasteiger partial charge in [0, 0.05) is 25.4 Å². The molecule has 5 heteroatoms. The summed E-state index contributed by atoms with van der Waals surface area (Å²) in [5.74, 6) is 1.95. The van der Waals surface area contributed by atoms with Gasteiger partial charge in [-0.2, -0.15) is 0 Å².